The topological polar surface area (TPSA) is 64.2 Å². The van der Waals surface area contributed by atoms with Crippen LogP contribution in [-0.2, 0) is 11.8 Å². The van der Waals surface area contributed by atoms with Crippen molar-refractivity contribution in [3.63, 3.8) is 0 Å². The standard InChI is InChI=1S/C13H20N4O.ClH/c1-16-11(7-8-15-16)5-6-13(18)17-9-3-2-4-12(17)10-14;/h5-8,12H,2-4,9-10,14H2,1H3;1H/b6-5+;. The maximum Gasteiger partial charge on any atom is 0.246 e. The second-order valence-electron chi connectivity index (χ2n) is 4.63. The summed E-state index contributed by atoms with van der Waals surface area (Å²) in [6, 6.07) is 2.07. The van der Waals surface area contributed by atoms with Crippen LogP contribution in [0.3, 0.4) is 0 Å². The van der Waals surface area contributed by atoms with Gasteiger partial charge in [0.25, 0.3) is 0 Å². The van der Waals surface area contributed by atoms with E-state index in [-0.39, 0.29) is 24.4 Å². The van der Waals surface area contributed by atoms with E-state index in [1.54, 1.807) is 23.0 Å². The Morgan fingerprint density at radius 2 is 2.37 bits per heavy atom. The van der Waals surface area contributed by atoms with E-state index in [9.17, 15) is 4.79 Å². The number of amides is 1. The van der Waals surface area contributed by atoms with E-state index in [0.717, 1.165) is 31.5 Å². The molecule has 1 amide bonds. The molecule has 2 rings (SSSR count). The molecule has 1 unspecified atom stereocenters. The van der Waals surface area contributed by atoms with Crippen LogP contribution in [0, 0.1) is 0 Å². The second-order valence-corrected chi connectivity index (χ2v) is 4.63. The van der Waals surface area contributed by atoms with Crippen molar-refractivity contribution in [3.05, 3.63) is 24.0 Å². The van der Waals surface area contributed by atoms with E-state index in [1.807, 2.05) is 18.0 Å². The molecule has 1 fully saturated rings. The first-order chi connectivity index (χ1) is 8.72. The predicted molar refractivity (Wildman–Crippen MR) is 77.9 cm³/mol. The molecule has 1 aliphatic heterocycles. The molecule has 0 saturated carbocycles. The van der Waals surface area contributed by atoms with Crippen molar-refractivity contribution >= 4 is 24.4 Å². The average Bonchev–Trinajstić information content (AvgIpc) is 2.81. The van der Waals surface area contributed by atoms with Gasteiger partial charge >= 0.3 is 0 Å². The van der Waals surface area contributed by atoms with Gasteiger partial charge in [-0.25, -0.2) is 0 Å². The summed E-state index contributed by atoms with van der Waals surface area (Å²) in [5.74, 6) is 0.0475. The van der Waals surface area contributed by atoms with Crippen molar-refractivity contribution in [1.82, 2.24) is 14.7 Å². The fraction of sp³-hybridized carbons (Fsp3) is 0.538. The Kier molecular flexibility index (Phi) is 6.05. The maximum absolute atomic E-state index is 12.1. The van der Waals surface area contributed by atoms with Gasteiger partial charge in [-0.1, -0.05) is 0 Å². The smallest absolute Gasteiger partial charge is 0.246 e. The van der Waals surface area contributed by atoms with Crippen LogP contribution in [0.25, 0.3) is 6.08 Å². The van der Waals surface area contributed by atoms with Crippen LogP contribution in [0.5, 0.6) is 0 Å². The quantitative estimate of drug-likeness (QED) is 0.848. The van der Waals surface area contributed by atoms with Gasteiger partial charge in [-0.2, -0.15) is 5.10 Å². The Morgan fingerprint density at radius 1 is 1.58 bits per heavy atom. The third kappa shape index (κ3) is 3.81. The third-order valence-electron chi connectivity index (χ3n) is 3.44. The predicted octanol–water partition coefficient (Wildman–Crippen LogP) is 1.19. The molecule has 1 aromatic heterocycles. The van der Waals surface area contributed by atoms with E-state index in [4.69, 9.17) is 5.73 Å². The highest BCUT2D eigenvalue weighted by Gasteiger charge is 2.23. The summed E-state index contributed by atoms with van der Waals surface area (Å²) in [4.78, 5) is 14.0. The molecule has 2 N–H and O–H groups in total. The van der Waals surface area contributed by atoms with Gasteiger partial charge in [0.15, 0.2) is 0 Å². The molecule has 2 heterocycles. The van der Waals surface area contributed by atoms with Crippen LogP contribution in [0.4, 0.5) is 0 Å². The van der Waals surface area contributed by atoms with Crippen molar-refractivity contribution in [3.8, 4) is 0 Å². The lowest BCUT2D eigenvalue weighted by Gasteiger charge is -2.34. The molecule has 6 heteroatoms. The second kappa shape index (κ2) is 7.31. The molecule has 5 nitrogen and oxygen atoms in total. The molecular formula is C13H21ClN4O. The zero-order valence-electron chi connectivity index (χ0n) is 11.2. The van der Waals surface area contributed by atoms with Gasteiger partial charge in [0.1, 0.15) is 0 Å². The summed E-state index contributed by atoms with van der Waals surface area (Å²) in [6.07, 6.45) is 8.39. The van der Waals surface area contributed by atoms with Gasteiger partial charge in [-0.3, -0.25) is 9.48 Å². The third-order valence-corrected chi connectivity index (χ3v) is 3.44. The number of hydrogen-bond acceptors (Lipinski definition) is 3. The van der Waals surface area contributed by atoms with Crippen molar-refractivity contribution in [2.45, 2.75) is 25.3 Å². The van der Waals surface area contributed by atoms with E-state index in [0.29, 0.717) is 6.54 Å². The molecule has 1 aromatic rings. The Bertz CT molecular complexity index is 444. The fourth-order valence-corrected chi connectivity index (χ4v) is 2.34. The Balaban J connectivity index is 0.00000180. The number of halogens is 1. The van der Waals surface area contributed by atoms with Gasteiger partial charge < -0.3 is 10.6 Å². The van der Waals surface area contributed by atoms with Crippen LogP contribution in [-0.4, -0.2) is 39.7 Å². The van der Waals surface area contributed by atoms with Gasteiger partial charge in [-0.05, 0) is 31.4 Å². The molecule has 0 aromatic carbocycles. The number of hydrogen-bond donors (Lipinski definition) is 1. The van der Waals surface area contributed by atoms with Crippen LogP contribution in [0.15, 0.2) is 18.3 Å². The number of carbonyl (C=O) groups excluding carboxylic acids is 1. The molecule has 0 radical (unpaired) electrons. The van der Waals surface area contributed by atoms with E-state index in [1.165, 1.54) is 0 Å². The number of aromatic nitrogens is 2. The van der Waals surface area contributed by atoms with E-state index in [2.05, 4.69) is 5.10 Å². The monoisotopic (exact) mass is 284 g/mol. The van der Waals surface area contributed by atoms with Gasteiger partial charge in [0.2, 0.25) is 5.91 Å². The molecule has 1 aliphatic rings. The summed E-state index contributed by atoms with van der Waals surface area (Å²) in [5, 5.41) is 4.06. The highest BCUT2D eigenvalue weighted by Crippen LogP contribution is 2.16. The highest BCUT2D eigenvalue weighted by atomic mass is 35.5. The molecule has 106 valence electrons. The lowest BCUT2D eigenvalue weighted by Crippen LogP contribution is -2.46. The summed E-state index contributed by atoms with van der Waals surface area (Å²) < 4.78 is 1.74. The van der Waals surface area contributed by atoms with Crippen molar-refractivity contribution in [2.24, 2.45) is 12.8 Å². The largest absolute Gasteiger partial charge is 0.335 e. The number of nitrogens with two attached hydrogens (primary N) is 1. The fourth-order valence-electron chi connectivity index (χ4n) is 2.34. The van der Waals surface area contributed by atoms with Crippen LogP contribution in [0.1, 0.15) is 25.0 Å². The zero-order chi connectivity index (χ0) is 13.0. The highest BCUT2D eigenvalue weighted by molar-refractivity contribution is 5.91. The van der Waals surface area contributed by atoms with Crippen LogP contribution < -0.4 is 5.73 Å². The van der Waals surface area contributed by atoms with Crippen molar-refractivity contribution < 1.29 is 4.79 Å². The van der Waals surface area contributed by atoms with E-state index < -0.39 is 0 Å². The van der Waals surface area contributed by atoms with Gasteiger partial charge in [0, 0.05) is 38.5 Å². The number of nitrogens with zero attached hydrogens (tertiary/aromatic N) is 3. The lowest BCUT2D eigenvalue weighted by atomic mass is 10.0. The minimum atomic E-state index is 0. The molecule has 19 heavy (non-hydrogen) atoms. The minimum absolute atomic E-state index is 0. The van der Waals surface area contributed by atoms with E-state index >= 15 is 0 Å². The average molecular weight is 285 g/mol. The molecule has 1 saturated heterocycles. The Labute approximate surface area is 119 Å². The number of rotatable bonds is 3. The molecule has 1 atom stereocenters. The lowest BCUT2D eigenvalue weighted by molar-refractivity contribution is -0.129. The minimum Gasteiger partial charge on any atom is -0.335 e. The van der Waals surface area contributed by atoms with Crippen LogP contribution >= 0.6 is 12.4 Å². The normalized spacial score (nSPS) is 19.5. The first kappa shape index (κ1) is 15.7. The van der Waals surface area contributed by atoms with Gasteiger partial charge in [0.05, 0.1) is 5.69 Å². The number of aryl methyl sites for hydroxylation is 1. The number of piperidine rings is 1. The number of likely N-dealkylation sites (tertiary alicyclic amines) is 1. The Morgan fingerprint density at radius 3 is 3.00 bits per heavy atom. The first-order valence-electron chi connectivity index (χ1n) is 6.39. The summed E-state index contributed by atoms with van der Waals surface area (Å²) in [5.41, 5.74) is 6.64. The van der Waals surface area contributed by atoms with Crippen molar-refractivity contribution in [2.75, 3.05) is 13.1 Å². The number of carbonyl (C=O) groups is 1. The Hall–Kier alpha value is -1.33. The van der Waals surface area contributed by atoms with Crippen molar-refractivity contribution in [1.29, 1.82) is 0 Å². The molecular weight excluding hydrogens is 264 g/mol. The SMILES string of the molecule is Cl.Cn1nccc1/C=C/C(=O)N1CCCCC1CN. The maximum atomic E-state index is 12.1. The first-order valence-corrected chi connectivity index (χ1v) is 6.39. The summed E-state index contributed by atoms with van der Waals surface area (Å²) in [6.45, 7) is 1.36. The van der Waals surface area contributed by atoms with Gasteiger partial charge in [-0.15, -0.1) is 12.4 Å². The summed E-state index contributed by atoms with van der Waals surface area (Å²) >= 11 is 0. The summed E-state index contributed by atoms with van der Waals surface area (Å²) in [7, 11) is 1.85. The molecule has 0 bridgehead atoms. The molecule has 0 aliphatic carbocycles. The zero-order valence-corrected chi connectivity index (χ0v) is 12.0. The molecule has 0 spiro atoms. The van der Waals surface area contributed by atoms with Crippen LogP contribution in [0.2, 0.25) is 0 Å².